The molecule has 1 amide bonds. The minimum absolute atomic E-state index is 0.102. The van der Waals surface area contributed by atoms with E-state index in [0.717, 1.165) is 16.8 Å². The summed E-state index contributed by atoms with van der Waals surface area (Å²) < 4.78 is 12.9. The van der Waals surface area contributed by atoms with Crippen molar-refractivity contribution in [3.8, 4) is 0 Å². The van der Waals surface area contributed by atoms with Crippen molar-refractivity contribution in [3.63, 3.8) is 0 Å². The number of benzene rings is 2. The molecule has 4 heteroatoms. The fraction of sp³-hybridized carbons (Fsp3) is 0.125. The van der Waals surface area contributed by atoms with Gasteiger partial charge in [0.05, 0.1) is 17.8 Å². The number of anilines is 1. The molecular weight excluding hydrogens is 255 g/mol. The van der Waals surface area contributed by atoms with Gasteiger partial charge in [0.2, 0.25) is 0 Å². The average molecular weight is 268 g/mol. The smallest absolute Gasteiger partial charge is 0.253 e. The van der Waals surface area contributed by atoms with E-state index in [1.807, 2.05) is 31.2 Å². The first-order valence-electron chi connectivity index (χ1n) is 6.37. The number of carbonyl (C=O) groups excluding carboxylic acids is 1. The highest BCUT2D eigenvalue weighted by atomic mass is 19.1. The molecule has 2 aromatic carbocycles. The van der Waals surface area contributed by atoms with Crippen LogP contribution in [0.3, 0.4) is 0 Å². The summed E-state index contributed by atoms with van der Waals surface area (Å²) in [6.07, 6.45) is 0.266. The summed E-state index contributed by atoms with van der Waals surface area (Å²) >= 11 is 0. The molecule has 3 rings (SSSR count). The maximum absolute atomic E-state index is 12.9. The summed E-state index contributed by atoms with van der Waals surface area (Å²) in [5.41, 5.74) is 3.39. The van der Waals surface area contributed by atoms with E-state index in [-0.39, 0.29) is 18.1 Å². The normalized spacial score (nSPS) is 14.6. The summed E-state index contributed by atoms with van der Waals surface area (Å²) in [5, 5.41) is 5.71. The molecule has 0 aromatic heterocycles. The molecule has 2 aromatic rings. The van der Waals surface area contributed by atoms with Gasteiger partial charge in [-0.05, 0) is 36.8 Å². The van der Waals surface area contributed by atoms with E-state index < -0.39 is 0 Å². The van der Waals surface area contributed by atoms with Crippen molar-refractivity contribution in [3.05, 3.63) is 65.5 Å². The van der Waals surface area contributed by atoms with Crippen LogP contribution in [0.25, 0.3) is 0 Å². The van der Waals surface area contributed by atoms with E-state index in [2.05, 4.69) is 5.10 Å². The predicted molar refractivity (Wildman–Crippen MR) is 76.2 cm³/mol. The number of carbonyl (C=O) groups is 1. The minimum atomic E-state index is -0.330. The van der Waals surface area contributed by atoms with Crippen LogP contribution in [-0.4, -0.2) is 11.6 Å². The fourth-order valence-electron chi connectivity index (χ4n) is 2.26. The van der Waals surface area contributed by atoms with Gasteiger partial charge in [-0.2, -0.15) is 5.10 Å². The van der Waals surface area contributed by atoms with Crippen molar-refractivity contribution < 1.29 is 9.18 Å². The Balaban J connectivity index is 1.97. The van der Waals surface area contributed by atoms with Crippen LogP contribution in [0.4, 0.5) is 10.1 Å². The van der Waals surface area contributed by atoms with Gasteiger partial charge < -0.3 is 0 Å². The molecule has 0 aliphatic carbocycles. The van der Waals surface area contributed by atoms with Gasteiger partial charge in [0, 0.05) is 5.56 Å². The Hall–Kier alpha value is -2.49. The fourth-order valence-corrected chi connectivity index (χ4v) is 2.26. The molecule has 0 N–H and O–H groups in total. The van der Waals surface area contributed by atoms with Gasteiger partial charge in [-0.1, -0.05) is 24.3 Å². The van der Waals surface area contributed by atoms with E-state index in [4.69, 9.17) is 0 Å². The highest BCUT2D eigenvalue weighted by Gasteiger charge is 2.26. The van der Waals surface area contributed by atoms with Gasteiger partial charge in [-0.25, -0.2) is 9.40 Å². The summed E-state index contributed by atoms with van der Waals surface area (Å²) in [4.78, 5) is 12.1. The molecule has 0 spiro atoms. The number of halogens is 1. The van der Waals surface area contributed by atoms with E-state index in [0.29, 0.717) is 5.69 Å². The molecule has 0 saturated heterocycles. The molecule has 20 heavy (non-hydrogen) atoms. The highest BCUT2D eigenvalue weighted by molar-refractivity contribution is 6.19. The lowest BCUT2D eigenvalue weighted by Crippen LogP contribution is -2.19. The van der Waals surface area contributed by atoms with Gasteiger partial charge in [0.1, 0.15) is 5.82 Å². The Morgan fingerprint density at radius 2 is 1.80 bits per heavy atom. The first kappa shape index (κ1) is 12.5. The van der Waals surface area contributed by atoms with Crippen LogP contribution < -0.4 is 5.01 Å². The predicted octanol–water partition coefficient (Wildman–Crippen LogP) is 3.28. The van der Waals surface area contributed by atoms with Crippen LogP contribution in [0, 0.1) is 12.7 Å². The molecule has 100 valence electrons. The third-order valence-electron chi connectivity index (χ3n) is 3.30. The third kappa shape index (κ3) is 2.20. The van der Waals surface area contributed by atoms with Gasteiger partial charge >= 0.3 is 0 Å². The Kier molecular flexibility index (Phi) is 3.06. The zero-order valence-electron chi connectivity index (χ0n) is 11.0. The van der Waals surface area contributed by atoms with E-state index in [1.54, 1.807) is 12.1 Å². The maximum Gasteiger partial charge on any atom is 0.253 e. The van der Waals surface area contributed by atoms with Crippen molar-refractivity contribution in [2.45, 2.75) is 13.3 Å². The summed E-state index contributed by atoms with van der Waals surface area (Å²) in [6, 6.07) is 13.6. The van der Waals surface area contributed by atoms with Gasteiger partial charge in [0.15, 0.2) is 0 Å². The summed E-state index contributed by atoms with van der Waals surface area (Å²) in [6.45, 7) is 1.99. The molecule has 0 saturated carbocycles. The van der Waals surface area contributed by atoms with Crippen molar-refractivity contribution in [1.29, 1.82) is 0 Å². The van der Waals surface area contributed by atoms with Crippen LogP contribution in [0.2, 0.25) is 0 Å². The molecular formula is C16H13FN2O. The molecule has 0 bridgehead atoms. The SMILES string of the molecule is Cc1ccccc1C1=NN(c2ccc(F)cc2)C(=O)C1. The van der Waals surface area contributed by atoms with Gasteiger partial charge in [0.25, 0.3) is 5.91 Å². The van der Waals surface area contributed by atoms with Crippen LogP contribution in [0.1, 0.15) is 17.5 Å². The van der Waals surface area contributed by atoms with Crippen LogP contribution in [0.5, 0.6) is 0 Å². The van der Waals surface area contributed by atoms with Crippen molar-refractivity contribution in [2.24, 2.45) is 5.10 Å². The van der Waals surface area contributed by atoms with Crippen molar-refractivity contribution in [1.82, 2.24) is 0 Å². The lowest BCUT2D eigenvalue weighted by Gasteiger charge is -2.10. The van der Waals surface area contributed by atoms with Crippen molar-refractivity contribution in [2.75, 3.05) is 5.01 Å². The van der Waals surface area contributed by atoms with E-state index in [9.17, 15) is 9.18 Å². The van der Waals surface area contributed by atoms with E-state index in [1.165, 1.54) is 17.1 Å². The molecule has 0 radical (unpaired) electrons. The Bertz CT molecular complexity index is 692. The number of amides is 1. The summed E-state index contributed by atoms with van der Waals surface area (Å²) in [5.74, 6) is -0.432. The first-order valence-corrected chi connectivity index (χ1v) is 6.37. The summed E-state index contributed by atoms with van der Waals surface area (Å²) in [7, 11) is 0. The lowest BCUT2D eigenvalue weighted by molar-refractivity contribution is -0.116. The largest absolute Gasteiger partial charge is 0.272 e. The second-order valence-electron chi connectivity index (χ2n) is 4.72. The molecule has 0 unspecified atom stereocenters. The molecule has 1 heterocycles. The van der Waals surface area contributed by atoms with Crippen LogP contribution in [0.15, 0.2) is 53.6 Å². The molecule has 1 aliphatic heterocycles. The third-order valence-corrected chi connectivity index (χ3v) is 3.30. The maximum atomic E-state index is 12.9. The van der Waals surface area contributed by atoms with E-state index >= 15 is 0 Å². The zero-order chi connectivity index (χ0) is 14.1. The molecule has 1 aliphatic rings. The molecule has 3 nitrogen and oxygen atoms in total. The minimum Gasteiger partial charge on any atom is -0.272 e. The van der Waals surface area contributed by atoms with Crippen LogP contribution in [-0.2, 0) is 4.79 Å². The Morgan fingerprint density at radius 1 is 1.10 bits per heavy atom. The highest BCUT2D eigenvalue weighted by Crippen LogP contribution is 2.24. The standard InChI is InChI=1S/C16H13FN2O/c1-11-4-2-3-5-14(11)15-10-16(20)19(18-15)13-8-6-12(17)7-9-13/h2-9H,10H2,1H3. The number of rotatable bonds is 2. The lowest BCUT2D eigenvalue weighted by atomic mass is 10.0. The number of nitrogens with zero attached hydrogens (tertiary/aromatic N) is 2. The Labute approximate surface area is 116 Å². The monoisotopic (exact) mass is 268 g/mol. The number of aryl methyl sites for hydroxylation is 1. The average Bonchev–Trinajstić information content (AvgIpc) is 2.82. The molecule has 0 fully saturated rings. The topological polar surface area (TPSA) is 32.7 Å². The number of hydrogen-bond donors (Lipinski definition) is 0. The quantitative estimate of drug-likeness (QED) is 0.822. The first-order chi connectivity index (χ1) is 9.65. The second-order valence-corrected chi connectivity index (χ2v) is 4.72. The number of hydrazone groups is 1. The zero-order valence-corrected chi connectivity index (χ0v) is 11.0. The molecule has 0 atom stereocenters. The van der Waals surface area contributed by atoms with Gasteiger partial charge in [-0.15, -0.1) is 0 Å². The van der Waals surface area contributed by atoms with Crippen LogP contribution >= 0.6 is 0 Å². The van der Waals surface area contributed by atoms with Crippen molar-refractivity contribution >= 4 is 17.3 Å². The number of hydrogen-bond acceptors (Lipinski definition) is 2. The Morgan fingerprint density at radius 3 is 2.50 bits per heavy atom. The van der Waals surface area contributed by atoms with Gasteiger partial charge in [-0.3, -0.25) is 4.79 Å². The second kappa shape index (κ2) is 4.89.